The van der Waals surface area contributed by atoms with Crippen LogP contribution in [0.3, 0.4) is 0 Å². The van der Waals surface area contributed by atoms with E-state index in [1.807, 2.05) is 6.07 Å². The van der Waals surface area contributed by atoms with Crippen molar-refractivity contribution in [3.05, 3.63) is 66.1 Å². The molecule has 0 radical (unpaired) electrons. The van der Waals surface area contributed by atoms with Crippen molar-refractivity contribution >= 4 is 26.8 Å². The summed E-state index contributed by atoms with van der Waals surface area (Å²) in [6.45, 7) is 2.98. The number of nitrogens with zero attached hydrogens (tertiary/aromatic N) is 2. The molecule has 6 nitrogen and oxygen atoms in total. The highest BCUT2D eigenvalue weighted by atomic mass is 32.2. The van der Waals surface area contributed by atoms with Crippen molar-refractivity contribution in [2.75, 3.05) is 13.1 Å². The summed E-state index contributed by atoms with van der Waals surface area (Å²) in [5.41, 5.74) is 1.19. The number of benzene rings is 2. The van der Waals surface area contributed by atoms with E-state index in [4.69, 9.17) is 0 Å². The topological polar surface area (TPSA) is 71.4 Å². The molecule has 2 heterocycles. The number of amides is 1. The molecule has 1 aliphatic rings. The first-order chi connectivity index (χ1) is 14.9. The van der Waals surface area contributed by atoms with Crippen LogP contribution >= 0.6 is 0 Å². The van der Waals surface area contributed by atoms with E-state index in [9.17, 15) is 17.6 Å². The van der Waals surface area contributed by atoms with E-state index >= 15 is 0 Å². The number of sulfonamides is 1. The molecule has 8 heteroatoms. The summed E-state index contributed by atoms with van der Waals surface area (Å²) in [4.78, 5) is 12.9. The lowest BCUT2D eigenvalue weighted by Gasteiger charge is -2.26. The van der Waals surface area contributed by atoms with Crippen LogP contribution in [0.2, 0.25) is 0 Å². The van der Waals surface area contributed by atoms with Crippen molar-refractivity contribution in [2.45, 2.75) is 43.7 Å². The third-order valence-corrected chi connectivity index (χ3v) is 7.75. The summed E-state index contributed by atoms with van der Waals surface area (Å²) in [6.07, 6.45) is 4.61. The van der Waals surface area contributed by atoms with Gasteiger partial charge in [-0.25, -0.2) is 12.8 Å². The lowest BCUT2D eigenvalue weighted by molar-refractivity contribution is -0.123. The predicted molar refractivity (Wildman–Crippen MR) is 118 cm³/mol. The zero-order valence-electron chi connectivity index (χ0n) is 17.4. The molecule has 0 saturated carbocycles. The molecule has 1 atom stereocenters. The molecule has 1 aliphatic heterocycles. The zero-order valence-corrected chi connectivity index (χ0v) is 18.2. The van der Waals surface area contributed by atoms with Crippen molar-refractivity contribution in [1.82, 2.24) is 14.2 Å². The first-order valence-corrected chi connectivity index (χ1v) is 11.9. The molecule has 0 spiro atoms. The Morgan fingerprint density at radius 1 is 1.10 bits per heavy atom. The van der Waals surface area contributed by atoms with Gasteiger partial charge in [0.05, 0.1) is 4.90 Å². The Kier molecular flexibility index (Phi) is 6.11. The Labute approximate surface area is 181 Å². The third kappa shape index (κ3) is 4.36. The van der Waals surface area contributed by atoms with E-state index in [1.54, 1.807) is 58.4 Å². The standard InChI is InChI=1S/C23H26FN3O3S/c1-17(23(28)25-16-19-7-3-4-8-21(19)24)27-14-11-18-15-20(9-10-22(18)27)31(29,30)26-12-5-2-6-13-26/h3-4,7-11,14-15,17H,2,5-6,12-13,16H2,1H3,(H,25,28)/t17-/m1/s1. The fourth-order valence-corrected chi connectivity index (χ4v) is 5.55. The highest BCUT2D eigenvalue weighted by molar-refractivity contribution is 7.89. The number of aromatic nitrogens is 1. The maximum Gasteiger partial charge on any atom is 0.243 e. The van der Waals surface area contributed by atoms with Crippen LogP contribution in [0.15, 0.2) is 59.6 Å². The van der Waals surface area contributed by atoms with Gasteiger partial charge in [0.1, 0.15) is 11.9 Å². The number of rotatable bonds is 6. The van der Waals surface area contributed by atoms with Crippen LogP contribution in [0.5, 0.6) is 0 Å². The summed E-state index contributed by atoms with van der Waals surface area (Å²) in [6, 6.07) is 12.6. The average Bonchev–Trinajstić information content (AvgIpc) is 3.21. The molecule has 1 saturated heterocycles. The summed E-state index contributed by atoms with van der Waals surface area (Å²) in [7, 11) is -3.51. The van der Waals surface area contributed by atoms with Crippen LogP contribution in [0.25, 0.3) is 10.9 Å². The van der Waals surface area contributed by atoms with Gasteiger partial charge in [-0.3, -0.25) is 4.79 Å². The second kappa shape index (κ2) is 8.80. The van der Waals surface area contributed by atoms with Crippen LogP contribution in [0.1, 0.15) is 37.8 Å². The van der Waals surface area contributed by atoms with Crippen LogP contribution < -0.4 is 5.32 Å². The van der Waals surface area contributed by atoms with Crippen LogP contribution in [-0.2, 0) is 21.4 Å². The minimum Gasteiger partial charge on any atom is -0.350 e. The molecule has 1 amide bonds. The molecule has 31 heavy (non-hydrogen) atoms. The van der Waals surface area contributed by atoms with E-state index in [-0.39, 0.29) is 23.2 Å². The van der Waals surface area contributed by atoms with Gasteiger partial charge in [-0.05, 0) is 50.1 Å². The number of fused-ring (bicyclic) bond motifs is 1. The molecule has 0 aliphatic carbocycles. The summed E-state index contributed by atoms with van der Waals surface area (Å²) in [5.74, 6) is -0.602. The molecule has 1 N–H and O–H groups in total. The minimum atomic E-state index is -3.51. The highest BCUT2D eigenvalue weighted by Crippen LogP contribution is 2.26. The molecular formula is C23H26FN3O3S. The number of halogens is 1. The summed E-state index contributed by atoms with van der Waals surface area (Å²) < 4.78 is 43.0. The number of hydrogen-bond acceptors (Lipinski definition) is 3. The maximum absolute atomic E-state index is 13.8. The Balaban J connectivity index is 1.52. The molecule has 4 rings (SSSR count). The van der Waals surface area contributed by atoms with Crippen LogP contribution in [0.4, 0.5) is 4.39 Å². The fraction of sp³-hybridized carbons (Fsp3) is 0.348. The lowest BCUT2D eigenvalue weighted by atomic mass is 10.2. The number of carbonyl (C=O) groups excluding carboxylic acids is 1. The van der Waals surface area contributed by atoms with Gasteiger partial charge < -0.3 is 9.88 Å². The summed E-state index contributed by atoms with van der Waals surface area (Å²) >= 11 is 0. The van der Waals surface area contributed by atoms with E-state index in [0.717, 1.165) is 30.2 Å². The second-order valence-electron chi connectivity index (χ2n) is 7.89. The molecular weight excluding hydrogens is 417 g/mol. The molecule has 1 aromatic heterocycles. The lowest BCUT2D eigenvalue weighted by Crippen LogP contribution is -2.35. The van der Waals surface area contributed by atoms with Gasteiger partial charge in [-0.2, -0.15) is 4.31 Å². The van der Waals surface area contributed by atoms with Crippen LogP contribution in [0, 0.1) is 5.82 Å². The average molecular weight is 444 g/mol. The fourth-order valence-electron chi connectivity index (χ4n) is 3.99. The first kappa shape index (κ1) is 21.5. The molecule has 1 fully saturated rings. The molecule has 0 bridgehead atoms. The smallest absolute Gasteiger partial charge is 0.243 e. The van der Waals surface area contributed by atoms with E-state index in [0.29, 0.717) is 18.7 Å². The van der Waals surface area contributed by atoms with Crippen molar-refractivity contribution < 1.29 is 17.6 Å². The minimum absolute atomic E-state index is 0.104. The van der Waals surface area contributed by atoms with Gasteiger partial charge in [-0.15, -0.1) is 0 Å². The molecule has 164 valence electrons. The number of hydrogen-bond donors (Lipinski definition) is 1. The van der Waals surface area contributed by atoms with E-state index in [2.05, 4.69) is 5.32 Å². The Morgan fingerprint density at radius 2 is 1.84 bits per heavy atom. The quantitative estimate of drug-likeness (QED) is 0.629. The van der Waals surface area contributed by atoms with Gasteiger partial charge in [-0.1, -0.05) is 24.6 Å². The van der Waals surface area contributed by atoms with Gasteiger partial charge in [0, 0.05) is 42.3 Å². The van der Waals surface area contributed by atoms with Gasteiger partial charge in [0.15, 0.2) is 0 Å². The second-order valence-corrected chi connectivity index (χ2v) is 9.83. The highest BCUT2D eigenvalue weighted by Gasteiger charge is 2.26. The van der Waals surface area contributed by atoms with Gasteiger partial charge in [0.2, 0.25) is 15.9 Å². The van der Waals surface area contributed by atoms with Gasteiger partial charge in [0.25, 0.3) is 0 Å². The van der Waals surface area contributed by atoms with Crippen molar-refractivity contribution in [3.8, 4) is 0 Å². The largest absolute Gasteiger partial charge is 0.350 e. The zero-order chi connectivity index (χ0) is 22.0. The van der Waals surface area contributed by atoms with Crippen molar-refractivity contribution in [3.63, 3.8) is 0 Å². The summed E-state index contributed by atoms with van der Waals surface area (Å²) in [5, 5.41) is 3.53. The number of carbonyl (C=O) groups is 1. The Bertz CT molecular complexity index is 1200. The number of piperidine rings is 1. The normalized spacial score (nSPS) is 16.3. The SMILES string of the molecule is C[C@H](C(=O)NCc1ccccc1F)n1ccc2cc(S(=O)(=O)N3CCCCC3)ccc21. The monoisotopic (exact) mass is 443 g/mol. The molecule has 0 unspecified atom stereocenters. The van der Waals surface area contributed by atoms with Gasteiger partial charge >= 0.3 is 0 Å². The maximum atomic E-state index is 13.8. The van der Waals surface area contributed by atoms with Crippen molar-refractivity contribution in [2.24, 2.45) is 0 Å². The van der Waals surface area contributed by atoms with Crippen molar-refractivity contribution in [1.29, 1.82) is 0 Å². The predicted octanol–water partition coefficient (Wildman–Crippen LogP) is 3.83. The molecule has 2 aromatic carbocycles. The van der Waals surface area contributed by atoms with Crippen LogP contribution in [-0.4, -0.2) is 36.3 Å². The molecule has 3 aromatic rings. The number of nitrogens with one attached hydrogen (secondary N) is 1. The van der Waals surface area contributed by atoms with E-state index < -0.39 is 16.1 Å². The first-order valence-electron chi connectivity index (χ1n) is 10.5. The van der Waals surface area contributed by atoms with E-state index in [1.165, 1.54) is 6.07 Å². The third-order valence-electron chi connectivity index (χ3n) is 5.85. The Morgan fingerprint density at radius 3 is 2.58 bits per heavy atom. The Hall–Kier alpha value is -2.71.